The van der Waals surface area contributed by atoms with E-state index in [1.165, 1.54) is 20.8 Å². The van der Waals surface area contributed by atoms with E-state index in [2.05, 4.69) is 11.8 Å². The molecule has 0 aromatic heterocycles. The zero-order valence-corrected chi connectivity index (χ0v) is 19.1. The van der Waals surface area contributed by atoms with E-state index in [-0.39, 0.29) is 11.6 Å². The van der Waals surface area contributed by atoms with E-state index in [9.17, 15) is 14.4 Å². The van der Waals surface area contributed by atoms with Crippen LogP contribution in [0.4, 0.5) is 0 Å². The Kier molecular flexibility index (Phi) is 20.3. The Morgan fingerprint density at radius 1 is 1.07 bits per heavy atom. The second-order valence-corrected chi connectivity index (χ2v) is 6.08. The number of primary amides is 1. The number of methoxy groups -OCH3 is 1. The van der Waals surface area contributed by atoms with Crippen molar-refractivity contribution < 1.29 is 24.2 Å². The van der Waals surface area contributed by atoms with Crippen molar-refractivity contribution in [2.75, 3.05) is 20.8 Å². The molecule has 0 unspecified atom stereocenters. The lowest BCUT2D eigenvalue weighted by molar-refractivity contribution is -0.136. The number of ketones is 2. The van der Waals surface area contributed by atoms with Gasteiger partial charge in [-0.1, -0.05) is 37.8 Å². The first-order valence-corrected chi connectivity index (χ1v) is 9.47. The molecule has 0 radical (unpaired) electrons. The van der Waals surface area contributed by atoms with Gasteiger partial charge in [-0.05, 0) is 46.2 Å². The average Bonchev–Trinajstić information content (AvgIpc) is 2.71. The smallest absolute Gasteiger partial charge is 0.230 e. The molecular weight excluding hydrogens is 370 g/mol. The van der Waals surface area contributed by atoms with Gasteiger partial charge in [-0.2, -0.15) is 0 Å². The summed E-state index contributed by atoms with van der Waals surface area (Å²) in [7, 11) is 2.69. The summed E-state index contributed by atoms with van der Waals surface area (Å²) in [5.41, 5.74) is 5.58. The van der Waals surface area contributed by atoms with Crippen LogP contribution in [-0.2, 0) is 14.3 Å². The van der Waals surface area contributed by atoms with Crippen molar-refractivity contribution in [2.45, 2.75) is 54.4 Å². The maximum atomic E-state index is 11.0. The number of aliphatic hydroxyl groups is 1. The van der Waals surface area contributed by atoms with Crippen LogP contribution in [0.25, 0.3) is 0 Å². The predicted octanol–water partition coefficient (Wildman–Crippen LogP) is 3.39. The summed E-state index contributed by atoms with van der Waals surface area (Å²) in [5.74, 6) is 5.43. The van der Waals surface area contributed by atoms with E-state index in [0.717, 1.165) is 37.7 Å². The highest BCUT2D eigenvalue weighted by molar-refractivity contribution is 6.03. The Bertz CT molecular complexity index is 636. The molecular formula is C23H37NO5. The zero-order chi connectivity index (χ0) is 23.5. The van der Waals surface area contributed by atoms with Crippen LogP contribution in [0, 0.1) is 17.3 Å². The first-order valence-electron chi connectivity index (χ1n) is 9.47. The third kappa shape index (κ3) is 15.1. The number of nitrogens with two attached hydrogens (primary N) is 1. The number of aliphatic hydroxyl groups excluding tert-OH is 1. The van der Waals surface area contributed by atoms with Crippen molar-refractivity contribution in [3.63, 3.8) is 0 Å². The van der Waals surface area contributed by atoms with Crippen LogP contribution in [-0.4, -0.2) is 43.4 Å². The highest BCUT2D eigenvalue weighted by Gasteiger charge is 2.29. The molecule has 0 heterocycles. The number of unbranched alkanes of at least 4 members (excludes halogenated alkanes) is 1. The van der Waals surface area contributed by atoms with Gasteiger partial charge in [0.05, 0.1) is 0 Å². The summed E-state index contributed by atoms with van der Waals surface area (Å²) in [6.07, 6.45) is 1.79. The van der Waals surface area contributed by atoms with Gasteiger partial charge in [0, 0.05) is 38.4 Å². The quantitative estimate of drug-likeness (QED) is 0.325. The number of rotatable bonds is 6. The summed E-state index contributed by atoms with van der Waals surface area (Å²) in [6.45, 7) is 10.7. The largest absolute Gasteiger partial charge is 0.400 e. The van der Waals surface area contributed by atoms with Crippen molar-refractivity contribution in [1.29, 1.82) is 0 Å². The average molecular weight is 408 g/mol. The van der Waals surface area contributed by atoms with E-state index >= 15 is 0 Å². The Labute approximate surface area is 175 Å². The minimum atomic E-state index is -1.00. The summed E-state index contributed by atoms with van der Waals surface area (Å²) in [6, 6.07) is 7.36. The predicted molar refractivity (Wildman–Crippen MR) is 118 cm³/mol. The lowest BCUT2D eigenvalue weighted by Gasteiger charge is -2.14. The van der Waals surface area contributed by atoms with Gasteiger partial charge < -0.3 is 15.6 Å². The molecule has 1 aromatic rings. The number of ether oxygens (including phenoxy) is 1. The number of carbonyl (C=O) groups is 3. The van der Waals surface area contributed by atoms with Crippen molar-refractivity contribution in [1.82, 2.24) is 0 Å². The van der Waals surface area contributed by atoms with Crippen LogP contribution >= 0.6 is 0 Å². The number of amides is 1. The van der Waals surface area contributed by atoms with E-state index in [1.807, 2.05) is 38.1 Å². The summed E-state index contributed by atoms with van der Waals surface area (Å²) < 4.78 is 4.93. The van der Waals surface area contributed by atoms with Crippen LogP contribution in [0.5, 0.6) is 0 Å². The highest BCUT2D eigenvalue weighted by atomic mass is 16.5. The van der Waals surface area contributed by atoms with Crippen LogP contribution in [0.3, 0.4) is 0 Å². The topological polar surface area (TPSA) is 107 Å². The molecule has 6 heteroatoms. The van der Waals surface area contributed by atoms with Gasteiger partial charge in [-0.3, -0.25) is 14.4 Å². The molecule has 1 aromatic carbocycles. The van der Waals surface area contributed by atoms with E-state index in [0.29, 0.717) is 0 Å². The molecule has 0 saturated heterocycles. The van der Waals surface area contributed by atoms with Crippen molar-refractivity contribution in [3.8, 4) is 11.8 Å². The molecule has 1 rings (SSSR count). The van der Waals surface area contributed by atoms with Crippen LogP contribution in [0.2, 0.25) is 0 Å². The molecule has 0 bridgehead atoms. The lowest BCUT2D eigenvalue weighted by atomic mass is 9.88. The van der Waals surface area contributed by atoms with Gasteiger partial charge in [-0.15, -0.1) is 0 Å². The number of carbonyl (C=O) groups excluding carboxylic acids is 3. The second-order valence-electron chi connectivity index (χ2n) is 6.08. The monoisotopic (exact) mass is 407 g/mol. The van der Waals surface area contributed by atoms with Crippen LogP contribution < -0.4 is 5.73 Å². The fraction of sp³-hybridized carbons (Fsp3) is 0.522. The molecule has 0 aliphatic rings. The van der Waals surface area contributed by atoms with Crippen molar-refractivity contribution >= 4 is 17.5 Å². The molecule has 164 valence electrons. The number of hydrogen-bond acceptors (Lipinski definition) is 5. The van der Waals surface area contributed by atoms with Gasteiger partial charge in [0.25, 0.3) is 0 Å². The van der Waals surface area contributed by atoms with Crippen molar-refractivity contribution in [2.24, 2.45) is 11.1 Å². The third-order valence-corrected chi connectivity index (χ3v) is 3.67. The van der Waals surface area contributed by atoms with Crippen LogP contribution in [0.15, 0.2) is 24.3 Å². The van der Waals surface area contributed by atoms with E-state index < -0.39 is 11.3 Å². The second kappa shape index (κ2) is 18.9. The molecule has 0 atom stereocenters. The zero-order valence-electron chi connectivity index (χ0n) is 19.1. The summed E-state index contributed by atoms with van der Waals surface area (Å²) in [5, 5.41) is 7.00. The Morgan fingerprint density at radius 2 is 1.55 bits per heavy atom. The molecule has 0 aliphatic heterocycles. The Balaban J connectivity index is -0.000000443. The van der Waals surface area contributed by atoms with Gasteiger partial charge in [0.2, 0.25) is 5.91 Å². The summed E-state index contributed by atoms with van der Waals surface area (Å²) >= 11 is 0. The number of hydrogen-bond donors (Lipinski definition) is 2. The molecule has 0 spiro atoms. The molecule has 0 aliphatic carbocycles. The van der Waals surface area contributed by atoms with Crippen molar-refractivity contribution in [3.05, 3.63) is 35.4 Å². The van der Waals surface area contributed by atoms with Gasteiger partial charge in [0.1, 0.15) is 11.2 Å². The first-order chi connectivity index (χ1) is 13.6. The third-order valence-electron chi connectivity index (χ3n) is 3.67. The maximum absolute atomic E-state index is 11.0. The Hall–Kier alpha value is -2.49. The first kappa shape index (κ1) is 31.2. The standard InChI is InChI=1S/C14H16O2.C6H11NO2.C2H6.CH4O/c1-12(15)14-9-7-13(8-10-14)6-4-3-5-11-16-2;1-4(8)6(2,3)5(7)9;2*1-2/h7-10H,3,5,11H2,1-2H3;1-3H3,(H2,7,9);1-2H3;2H,1H3. The van der Waals surface area contributed by atoms with E-state index in [1.54, 1.807) is 14.0 Å². The maximum Gasteiger partial charge on any atom is 0.230 e. The minimum Gasteiger partial charge on any atom is -0.400 e. The molecule has 0 saturated carbocycles. The molecule has 0 fully saturated rings. The van der Waals surface area contributed by atoms with Crippen LogP contribution in [0.1, 0.15) is 70.3 Å². The lowest BCUT2D eigenvalue weighted by Crippen LogP contribution is -2.37. The fourth-order valence-corrected chi connectivity index (χ4v) is 1.43. The SMILES string of the molecule is CC.CC(=O)C(C)(C)C(N)=O.CO.COCCCC#Cc1ccc(C(C)=O)cc1. The molecule has 29 heavy (non-hydrogen) atoms. The minimum absolute atomic E-state index is 0.0830. The summed E-state index contributed by atoms with van der Waals surface area (Å²) in [4.78, 5) is 32.1. The highest BCUT2D eigenvalue weighted by Crippen LogP contribution is 2.14. The van der Waals surface area contributed by atoms with Gasteiger partial charge in [-0.25, -0.2) is 0 Å². The number of Topliss-reactive ketones (excluding diaryl/α,β-unsaturated/α-hetero) is 2. The van der Waals surface area contributed by atoms with Gasteiger partial charge in [0.15, 0.2) is 5.78 Å². The number of benzene rings is 1. The molecule has 1 amide bonds. The Morgan fingerprint density at radius 3 is 1.86 bits per heavy atom. The fourth-order valence-electron chi connectivity index (χ4n) is 1.43. The van der Waals surface area contributed by atoms with E-state index in [4.69, 9.17) is 15.6 Å². The molecule has 6 nitrogen and oxygen atoms in total. The normalized spacial score (nSPS) is 9.00. The van der Waals surface area contributed by atoms with Gasteiger partial charge >= 0.3 is 0 Å². The molecule has 3 N–H and O–H groups in total.